The highest BCUT2D eigenvalue weighted by atomic mass is 35.5. The van der Waals surface area contributed by atoms with E-state index in [0.717, 1.165) is 0 Å². The van der Waals surface area contributed by atoms with Crippen LogP contribution in [0.4, 0.5) is 17.1 Å². The zero-order chi connectivity index (χ0) is 21.8. The SMILES string of the molecule is COc1cc(OC)c(NC(=O)[C@H]2CC(=O)N(c3cccc(NC(C)=O)c3)C2)cc1Cl. The minimum Gasteiger partial charge on any atom is -0.495 e. The van der Waals surface area contributed by atoms with Gasteiger partial charge in [-0.1, -0.05) is 17.7 Å². The Bertz CT molecular complexity index is 995. The van der Waals surface area contributed by atoms with E-state index in [9.17, 15) is 14.4 Å². The Kier molecular flexibility index (Phi) is 6.47. The van der Waals surface area contributed by atoms with Crippen molar-refractivity contribution in [2.24, 2.45) is 5.92 Å². The summed E-state index contributed by atoms with van der Waals surface area (Å²) in [6.07, 6.45) is 0.0718. The van der Waals surface area contributed by atoms with Crippen LogP contribution in [0.25, 0.3) is 0 Å². The highest BCUT2D eigenvalue weighted by Crippen LogP contribution is 2.36. The van der Waals surface area contributed by atoms with Gasteiger partial charge in [-0.05, 0) is 24.3 Å². The van der Waals surface area contributed by atoms with E-state index >= 15 is 0 Å². The number of hydrogen-bond acceptors (Lipinski definition) is 5. The molecular formula is C21H22ClN3O5. The Hall–Kier alpha value is -3.26. The molecule has 1 aliphatic heterocycles. The topological polar surface area (TPSA) is 97.0 Å². The number of hydrogen-bond donors (Lipinski definition) is 2. The first-order chi connectivity index (χ1) is 14.3. The molecule has 8 nitrogen and oxygen atoms in total. The Morgan fingerprint density at radius 1 is 1.10 bits per heavy atom. The summed E-state index contributed by atoms with van der Waals surface area (Å²) in [5, 5.41) is 5.80. The normalized spacial score (nSPS) is 15.7. The van der Waals surface area contributed by atoms with Crippen molar-refractivity contribution in [1.82, 2.24) is 0 Å². The van der Waals surface area contributed by atoms with E-state index < -0.39 is 5.92 Å². The van der Waals surface area contributed by atoms with Crippen LogP contribution in [0.3, 0.4) is 0 Å². The molecule has 1 fully saturated rings. The summed E-state index contributed by atoms with van der Waals surface area (Å²) in [7, 11) is 2.96. The van der Waals surface area contributed by atoms with Crippen LogP contribution in [0, 0.1) is 5.92 Å². The molecule has 30 heavy (non-hydrogen) atoms. The van der Waals surface area contributed by atoms with Crippen molar-refractivity contribution >= 4 is 46.4 Å². The number of ether oxygens (including phenoxy) is 2. The number of anilines is 3. The number of halogens is 1. The summed E-state index contributed by atoms with van der Waals surface area (Å²) in [6.45, 7) is 1.63. The lowest BCUT2D eigenvalue weighted by Gasteiger charge is -2.18. The van der Waals surface area contributed by atoms with Gasteiger partial charge in [-0.15, -0.1) is 0 Å². The Labute approximate surface area is 179 Å². The maximum absolute atomic E-state index is 12.8. The first-order valence-electron chi connectivity index (χ1n) is 9.22. The average Bonchev–Trinajstić information content (AvgIpc) is 3.10. The molecule has 0 aliphatic carbocycles. The molecule has 2 aromatic carbocycles. The lowest BCUT2D eigenvalue weighted by molar-refractivity contribution is -0.122. The van der Waals surface area contributed by atoms with Gasteiger partial charge in [0.15, 0.2) is 0 Å². The smallest absolute Gasteiger partial charge is 0.229 e. The molecule has 0 bridgehead atoms. The van der Waals surface area contributed by atoms with E-state index in [1.54, 1.807) is 36.4 Å². The van der Waals surface area contributed by atoms with Crippen LogP contribution in [0.1, 0.15) is 13.3 Å². The molecule has 0 aromatic heterocycles. The van der Waals surface area contributed by atoms with Gasteiger partial charge in [0, 0.05) is 37.3 Å². The maximum atomic E-state index is 12.8. The molecule has 3 amide bonds. The first-order valence-corrected chi connectivity index (χ1v) is 9.60. The van der Waals surface area contributed by atoms with E-state index in [1.807, 2.05) is 0 Å². The fourth-order valence-corrected chi connectivity index (χ4v) is 3.52. The summed E-state index contributed by atoms with van der Waals surface area (Å²) >= 11 is 6.15. The molecule has 1 atom stereocenters. The first kappa shape index (κ1) is 21.4. The van der Waals surface area contributed by atoms with Crippen molar-refractivity contribution in [2.75, 3.05) is 36.3 Å². The monoisotopic (exact) mass is 431 g/mol. The molecule has 0 unspecified atom stereocenters. The Morgan fingerprint density at radius 2 is 1.83 bits per heavy atom. The van der Waals surface area contributed by atoms with Crippen LogP contribution in [-0.2, 0) is 14.4 Å². The minimum atomic E-state index is -0.549. The standard InChI is InChI=1S/C21H22ClN3O5/c1-12(26)23-14-5-4-6-15(8-14)25-11-13(7-20(25)27)21(28)24-17-9-16(22)18(29-2)10-19(17)30-3/h4-6,8-10,13H,7,11H2,1-3H3,(H,23,26)(H,24,28)/t13-/m0/s1. The second kappa shape index (κ2) is 9.04. The van der Waals surface area contributed by atoms with Gasteiger partial charge in [0.05, 0.1) is 30.8 Å². The molecule has 2 N–H and O–H groups in total. The van der Waals surface area contributed by atoms with E-state index in [1.165, 1.54) is 26.0 Å². The zero-order valence-electron chi connectivity index (χ0n) is 16.8. The van der Waals surface area contributed by atoms with Crippen LogP contribution in [-0.4, -0.2) is 38.5 Å². The third-order valence-electron chi connectivity index (χ3n) is 4.71. The lowest BCUT2D eigenvalue weighted by atomic mass is 10.1. The number of methoxy groups -OCH3 is 2. The number of amides is 3. The number of carbonyl (C=O) groups excluding carboxylic acids is 3. The summed E-state index contributed by atoms with van der Waals surface area (Å²) in [4.78, 5) is 38.1. The van der Waals surface area contributed by atoms with Crippen LogP contribution in [0.2, 0.25) is 5.02 Å². The molecule has 9 heteroatoms. The van der Waals surface area contributed by atoms with E-state index in [2.05, 4.69) is 10.6 Å². The van der Waals surface area contributed by atoms with Gasteiger partial charge in [0.1, 0.15) is 11.5 Å². The third kappa shape index (κ3) is 4.65. The van der Waals surface area contributed by atoms with Crippen molar-refractivity contribution in [3.8, 4) is 11.5 Å². The van der Waals surface area contributed by atoms with Gasteiger partial charge in [-0.25, -0.2) is 0 Å². The summed E-state index contributed by atoms with van der Waals surface area (Å²) < 4.78 is 10.5. The molecule has 1 aliphatic rings. The van der Waals surface area contributed by atoms with Crippen molar-refractivity contribution in [1.29, 1.82) is 0 Å². The average molecular weight is 432 g/mol. The van der Waals surface area contributed by atoms with Gasteiger partial charge in [-0.2, -0.15) is 0 Å². The number of carbonyl (C=O) groups is 3. The number of nitrogens with one attached hydrogen (secondary N) is 2. The van der Waals surface area contributed by atoms with E-state index in [-0.39, 0.29) is 30.7 Å². The molecule has 3 rings (SSSR count). The number of rotatable bonds is 6. The van der Waals surface area contributed by atoms with Crippen molar-refractivity contribution in [3.05, 3.63) is 41.4 Å². The maximum Gasteiger partial charge on any atom is 0.229 e. The molecule has 0 spiro atoms. The number of benzene rings is 2. The summed E-state index contributed by atoms with van der Waals surface area (Å²) in [5.41, 5.74) is 1.59. The van der Waals surface area contributed by atoms with Gasteiger partial charge in [-0.3, -0.25) is 14.4 Å². The van der Waals surface area contributed by atoms with Gasteiger partial charge < -0.3 is 25.0 Å². The lowest BCUT2D eigenvalue weighted by Crippen LogP contribution is -2.28. The third-order valence-corrected chi connectivity index (χ3v) is 5.00. The van der Waals surface area contributed by atoms with Crippen molar-refractivity contribution in [3.63, 3.8) is 0 Å². The second-order valence-corrected chi connectivity index (χ2v) is 7.22. The molecule has 2 aromatic rings. The molecule has 0 radical (unpaired) electrons. The Balaban J connectivity index is 1.74. The van der Waals surface area contributed by atoms with Crippen molar-refractivity contribution < 1.29 is 23.9 Å². The van der Waals surface area contributed by atoms with E-state index in [4.69, 9.17) is 21.1 Å². The molecule has 158 valence electrons. The highest BCUT2D eigenvalue weighted by Gasteiger charge is 2.35. The quantitative estimate of drug-likeness (QED) is 0.731. The molecular weight excluding hydrogens is 410 g/mol. The minimum absolute atomic E-state index is 0.0718. The second-order valence-electron chi connectivity index (χ2n) is 6.81. The fraction of sp³-hybridized carbons (Fsp3) is 0.286. The van der Waals surface area contributed by atoms with Crippen LogP contribution in [0.15, 0.2) is 36.4 Å². The van der Waals surface area contributed by atoms with Crippen LogP contribution < -0.4 is 25.0 Å². The molecule has 1 saturated heterocycles. The molecule has 0 saturated carbocycles. The van der Waals surface area contributed by atoms with Crippen LogP contribution in [0.5, 0.6) is 11.5 Å². The summed E-state index contributed by atoms with van der Waals surface area (Å²) in [6, 6.07) is 10.1. The van der Waals surface area contributed by atoms with Crippen molar-refractivity contribution in [2.45, 2.75) is 13.3 Å². The van der Waals surface area contributed by atoms with Crippen LogP contribution >= 0.6 is 11.6 Å². The Morgan fingerprint density at radius 3 is 2.50 bits per heavy atom. The molecule has 1 heterocycles. The predicted octanol–water partition coefficient (Wildman–Crippen LogP) is 3.31. The van der Waals surface area contributed by atoms with Gasteiger partial charge >= 0.3 is 0 Å². The zero-order valence-corrected chi connectivity index (χ0v) is 17.6. The highest BCUT2D eigenvalue weighted by molar-refractivity contribution is 6.32. The predicted molar refractivity (Wildman–Crippen MR) is 114 cm³/mol. The fourth-order valence-electron chi connectivity index (χ4n) is 3.28. The largest absolute Gasteiger partial charge is 0.495 e. The number of nitrogens with zero attached hydrogens (tertiary/aromatic N) is 1. The van der Waals surface area contributed by atoms with Gasteiger partial charge in [0.25, 0.3) is 0 Å². The summed E-state index contributed by atoms with van der Waals surface area (Å²) in [5.74, 6) is -0.420. The van der Waals surface area contributed by atoms with Gasteiger partial charge in [0.2, 0.25) is 17.7 Å². The van der Waals surface area contributed by atoms with E-state index in [0.29, 0.717) is 33.6 Å².